The van der Waals surface area contributed by atoms with E-state index < -0.39 is 0 Å². The van der Waals surface area contributed by atoms with Crippen molar-refractivity contribution in [2.75, 3.05) is 5.32 Å². The molecule has 0 atom stereocenters. The zero-order chi connectivity index (χ0) is 11.4. The third kappa shape index (κ3) is 3.23. The van der Waals surface area contributed by atoms with Crippen LogP contribution in [0, 0.1) is 10.5 Å². The van der Waals surface area contributed by atoms with E-state index in [0.717, 1.165) is 6.54 Å². The molecule has 2 aromatic carbocycles. The van der Waals surface area contributed by atoms with Crippen LogP contribution in [-0.2, 0) is 6.54 Å². The molecule has 0 amide bonds. The molecule has 0 spiro atoms. The normalized spacial score (nSPS) is 10.1. The molecule has 2 heteroatoms. The fourth-order valence-electron chi connectivity index (χ4n) is 1.62. The maximum absolute atomic E-state index is 3.42. The van der Waals surface area contributed by atoms with Crippen molar-refractivity contribution in [1.82, 2.24) is 0 Å². The summed E-state index contributed by atoms with van der Waals surface area (Å²) in [6.07, 6.45) is 0. The van der Waals surface area contributed by atoms with E-state index in [0.29, 0.717) is 0 Å². The predicted octanol–water partition coefficient (Wildman–Crippen LogP) is 4.21. The van der Waals surface area contributed by atoms with Gasteiger partial charge in [-0.25, -0.2) is 0 Å². The number of hydrogen-bond acceptors (Lipinski definition) is 1. The van der Waals surface area contributed by atoms with E-state index in [1.54, 1.807) is 0 Å². The van der Waals surface area contributed by atoms with Crippen LogP contribution in [-0.4, -0.2) is 0 Å². The number of anilines is 1. The van der Waals surface area contributed by atoms with Crippen molar-refractivity contribution < 1.29 is 0 Å². The van der Waals surface area contributed by atoms with Gasteiger partial charge >= 0.3 is 0 Å². The van der Waals surface area contributed by atoms with Crippen molar-refractivity contribution in [3.05, 3.63) is 63.2 Å². The van der Waals surface area contributed by atoms with Crippen LogP contribution in [0.2, 0.25) is 0 Å². The lowest BCUT2D eigenvalue weighted by Crippen LogP contribution is -1.99. The second kappa shape index (κ2) is 5.34. The molecular weight excluding hydrogens is 309 g/mol. The molecule has 0 radical (unpaired) electrons. The highest BCUT2D eigenvalue weighted by Crippen LogP contribution is 2.14. The standard InChI is InChI=1S/C14H14IN/c1-11-4-2-5-12(8-11)10-16-14-7-3-6-13(15)9-14/h2-9,16H,10H2,1H3. The van der Waals surface area contributed by atoms with Crippen molar-refractivity contribution in [1.29, 1.82) is 0 Å². The topological polar surface area (TPSA) is 12.0 Å². The minimum absolute atomic E-state index is 0.877. The summed E-state index contributed by atoms with van der Waals surface area (Å²) in [5.41, 5.74) is 3.80. The minimum Gasteiger partial charge on any atom is -0.381 e. The van der Waals surface area contributed by atoms with Gasteiger partial charge in [-0.05, 0) is 53.3 Å². The number of nitrogens with one attached hydrogen (secondary N) is 1. The highest BCUT2D eigenvalue weighted by Gasteiger charge is 1.95. The van der Waals surface area contributed by atoms with Crippen LogP contribution in [0.5, 0.6) is 0 Å². The van der Waals surface area contributed by atoms with Crippen molar-refractivity contribution in [2.45, 2.75) is 13.5 Å². The van der Waals surface area contributed by atoms with Crippen LogP contribution in [0.15, 0.2) is 48.5 Å². The molecule has 0 bridgehead atoms. The molecule has 2 rings (SSSR count). The fourth-order valence-corrected chi connectivity index (χ4v) is 2.17. The van der Waals surface area contributed by atoms with Gasteiger partial charge in [0.25, 0.3) is 0 Å². The Morgan fingerprint density at radius 2 is 1.88 bits per heavy atom. The van der Waals surface area contributed by atoms with Gasteiger partial charge in [-0.3, -0.25) is 0 Å². The molecule has 0 aliphatic heterocycles. The van der Waals surface area contributed by atoms with Crippen molar-refractivity contribution in [3.8, 4) is 0 Å². The van der Waals surface area contributed by atoms with Crippen LogP contribution in [0.1, 0.15) is 11.1 Å². The Labute approximate surface area is 110 Å². The Bertz CT molecular complexity index is 434. The molecule has 0 aliphatic rings. The number of benzene rings is 2. The van der Waals surface area contributed by atoms with E-state index >= 15 is 0 Å². The molecule has 0 heterocycles. The monoisotopic (exact) mass is 323 g/mol. The molecule has 1 N–H and O–H groups in total. The zero-order valence-corrected chi connectivity index (χ0v) is 11.4. The molecule has 0 saturated heterocycles. The zero-order valence-electron chi connectivity index (χ0n) is 9.20. The van der Waals surface area contributed by atoms with Crippen molar-refractivity contribution in [2.24, 2.45) is 0 Å². The summed E-state index contributed by atoms with van der Waals surface area (Å²) in [4.78, 5) is 0. The van der Waals surface area contributed by atoms with Crippen LogP contribution in [0.3, 0.4) is 0 Å². The first-order valence-electron chi connectivity index (χ1n) is 5.29. The minimum atomic E-state index is 0.877. The molecule has 1 nitrogen and oxygen atoms in total. The quantitative estimate of drug-likeness (QED) is 0.834. The summed E-state index contributed by atoms with van der Waals surface area (Å²) in [7, 11) is 0. The van der Waals surface area contributed by atoms with E-state index in [2.05, 4.69) is 83.4 Å². The van der Waals surface area contributed by atoms with Gasteiger partial charge in [0.15, 0.2) is 0 Å². The Kier molecular flexibility index (Phi) is 3.83. The fraction of sp³-hybridized carbons (Fsp3) is 0.143. The van der Waals surface area contributed by atoms with Crippen LogP contribution >= 0.6 is 22.6 Å². The Morgan fingerprint density at radius 3 is 2.62 bits per heavy atom. The van der Waals surface area contributed by atoms with Gasteiger partial charge in [0.1, 0.15) is 0 Å². The molecule has 0 fully saturated rings. The van der Waals surface area contributed by atoms with E-state index in [1.807, 2.05) is 0 Å². The van der Waals surface area contributed by atoms with Gasteiger partial charge in [0.05, 0.1) is 0 Å². The molecular formula is C14H14IN. The van der Waals surface area contributed by atoms with Gasteiger partial charge in [-0.15, -0.1) is 0 Å². The smallest absolute Gasteiger partial charge is 0.0400 e. The van der Waals surface area contributed by atoms with E-state index in [4.69, 9.17) is 0 Å². The summed E-state index contributed by atoms with van der Waals surface area (Å²) in [5.74, 6) is 0. The Balaban J connectivity index is 2.02. The first kappa shape index (κ1) is 11.5. The maximum Gasteiger partial charge on any atom is 0.0400 e. The molecule has 0 aliphatic carbocycles. The van der Waals surface area contributed by atoms with E-state index in [1.165, 1.54) is 20.4 Å². The summed E-state index contributed by atoms with van der Waals surface area (Å²) in [6, 6.07) is 17.0. The van der Waals surface area contributed by atoms with Crippen LogP contribution in [0.25, 0.3) is 0 Å². The Morgan fingerprint density at radius 1 is 1.06 bits per heavy atom. The first-order chi connectivity index (χ1) is 7.74. The lowest BCUT2D eigenvalue weighted by atomic mass is 10.1. The van der Waals surface area contributed by atoms with Crippen LogP contribution < -0.4 is 5.32 Å². The molecule has 82 valence electrons. The highest BCUT2D eigenvalue weighted by molar-refractivity contribution is 14.1. The van der Waals surface area contributed by atoms with E-state index in [-0.39, 0.29) is 0 Å². The largest absolute Gasteiger partial charge is 0.381 e. The average Bonchev–Trinajstić information content (AvgIpc) is 2.27. The third-order valence-electron chi connectivity index (χ3n) is 2.40. The van der Waals surface area contributed by atoms with Gasteiger partial charge in [-0.1, -0.05) is 35.9 Å². The van der Waals surface area contributed by atoms with Crippen molar-refractivity contribution >= 4 is 28.3 Å². The van der Waals surface area contributed by atoms with Gasteiger partial charge in [-0.2, -0.15) is 0 Å². The van der Waals surface area contributed by atoms with Gasteiger partial charge in [0, 0.05) is 15.8 Å². The summed E-state index contributed by atoms with van der Waals surface area (Å²) in [5, 5.41) is 3.42. The van der Waals surface area contributed by atoms with Crippen LogP contribution in [0.4, 0.5) is 5.69 Å². The van der Waals surface area contributed by atoms with Gasteiger partial charge < -0.3 is 5.32 Å². The van der Waals surface area contributed by atoms with Gasteiger partial charge in [0.2, 0.25) is 0 Å². The number of rotatable bonds is 3. The Hall–Kier alpha value is -1.03. The summed E-state index contributed by atoms with van der Waals surface area (Å²) < 4.78 is 1.26. The molecule has 0 saturated carbocycles. The number of hydrogen-bond donors (Lipinski definition) is 1. The second-order valence-corrected chi connectivity index (χ2v) is 5.10. The highest BCUT2D eigenvalue weighted by atomic mass is 127. The first-order valence-corrected chi connectivity index (χ1v) is 6.37. The number of aryl methyl sites for hydroxylation is 1. The average molecular weight is 323 g/mol. The summed E-state index contributed by atoms with van der Waals surface area (Å²) in [6.45, 7) is 3.00. The number of halogens is 1. The van der Waals surface area contributed by atoms with Crippen molar-refractivity contribution in [3.63, 3.8) is 0 Å². The maximum atomic E-state index is 3.42. The second-order valence-electron chi connectivity index (χ2n) is 3.85. The SMILES string of the molecule is Cc1cccc(CNc2cccc(I)c2)c1. The van der Waals surface area contributed by atoms with E-state index in [9.17, 15) is 0 Å². The molecule has 0 aromatic heterocycles. The molecule has 0 unspecified atom stereocenters. The molecule has 2 aromatic rings. The molecule has 16 heavy (non-hydrogen) atoms. The lowest BCUT2D eigenvalue weighted by Gasteiger charge is -2.07. The predicted molar refractivity (Wildman–Crippen MR) is 77.7 cm³/mol. The third-order valence-corrected chi connectivity index (χ3v) is 3.07. The lowest BCUT2D eigenvalue weighted by molar-refractivity contribution is 1.14. The summed E-state index contributed by atoms with van der Waals surface area (Å²) >= 11 is 2.33.